The molecular weight excluding hydrogens is 394 g/mol. The molecule has 2 aliphatic rings. The van der Waals surface area contributed by atoms with E-state index in [1.54, 1.807) is 0 Å². The van der Waals surface area contributed by atoms with Crippen LogP contribution in [-0.4, -0.2) is 21.1 Å². The highest BCUT2D eigenvalue weighted by molar-refractivity contribution is 5.84. The molecule has 32 heavy (non-hydrogen) atoms. The maximum absolute atomic E-state index is 4.88. The fourth-order valence-corrected chi connectivity index (χ4v) is 5.38. The molecule has 0 radical (unpaired) electrons. The van der Waals surface area contributed by atoms with Gasteiger partial charge in [0.25, 0.3) is 0 Å². The Morgan fingerprint density at radius 3 is 2.78 bits per heavy atom. The molecule has 0 bridgehead atoms. The van der Waals surface area contributed by atoms with E-state index in [9.17, 15) is 0 Å². The van der Waals surface area contributed by atoms with Crippen molar-refractivity contribution in [2.45, 2.75) is 51.5 Å². The van der Waals surface area contributed by atoms with Crippen molar-refractivity contribution in [2.24, 2.45) is 0 Å². The summed E-state index contributed by atoms with van der Waals surface area (Å²) < 4.78 is 2.46. The summed E-state index contributed by atoms with van der Waals surface area (Å²) in [4.78, 5) is 11.7. The van der Waals surface area contributed by atoms with Gasteiger partial charge in [-0.1, -0.05) is 36.6 Å². The minimum absolute atomic E-state index is 0.630. The molecule has 1 N–H and O–H groups in total. The van der Waals surface area contributed by atoms with Gasteiger partial charge in [-0.15, -0.1) is 0 Å². The van der Waals surface area contributed by atoms with Crippen LogP contribution in [0.15, 0.2) is 60.9 Å². The average molecular weight is 424 g/mol. The Kier molecular flexibility index (Phi) is 4.82. The molecule has 162 valence electrons. The monoisotopic (exact) mass is 423 g/mol. The Bertz CT molecular complexity index is 1270. The van der Waals surface area contributed by atoms with Gasteiger partial charge in [0.1, 0.15) is 5.82 Å². The van der Waals surface area contributed by atoms with Crippen molar-refractivity contribution in [3.8, 4) is 0 Å². The summed E-state index contributed by atoms with van der Waals surface area (Å²) in [6.45, 7) is 3.14. The van der Waals surface area contributed by atoms with E-state index in [2.05, 4.69) is 75.4 Å². The van der Waals surface area contributed by atoms with Gasteiger partial charge < -0.3 is 14.8 Å². The van der Waals surface area contributed by atoms with Gasteiger partial charge >= 0.3 is 0 Å². The maximum Gasteiger partial charge on any atom is 0.229 e. The number of benzene rings is 2. The molecule has 1 saturated carbocycles. The number of nitrogens with zero attached hydrogens (tertiary/aromatic N) is 4. The van der Waals surface area contributed by atoms with Crippen molar-refractivity contribution >= 4 is 34.0 Å². The van der Waals surface area contributed by atoms with Crippen LogP contribution in [0, 0.1) is 6.92 Å². The Morgan fingerprint density at radius 2 is 1.88 bits per heavy atom. The third-order valence-electron chi connectivity index (χ3n) is 6.97. The van der Waals surface area contributed by atoms with Crippen LogP contribution in [0.25, 0.3) is 10.9 Å². The summed E-state index contributed by atoms with van der Waals surface area (Å²) in [6, 6.07) is 18.1. The minimum atomic E-state index is 0.630. The molecular formula is C27H29N5. The molecule has 1 aliphatic carbocycles. The van der Waals surface area contributed by atoms with E-state index in [-0.39, 0.29) is 0 Å². The van der Waals surface area contributed by atoms with E-state index in [1.807, 2.05) is 12.3 Å². The first kappa shape index (κ1) is 19.4. The number of anilines is 4. The van der Waals surface area contributed by atoms with E-state index in [1.165, 1.54) is 53.4 Å². The van der Waals surface area contributed by atoms with Gasteiger partial charge in [0, 0.05) is 36.4 Å². The number of nitrogens with one attached hydrogen (secondary N) is 1. The molecule has 0 saturated heterocycles. The van der Waals surface area contributed by atoms with Crippen LogP contribution in [-0.2, 0) is 6.42 Å². The molecule has 3 heterocycles. The van der Waals surface area contributed by atoms with E-state index in [0.29, 0.717) is 12.0 Å². The lowest BCUT2D eigenvalue weighted by molar-refractivity contribution is 0.536. The number of hydrogen-bond donors (Lipinski definition) is 1. The van der Waals surface area contributed by atoms with Crippen LogP contribution < -0.4 is 10.2 Å². The third-order valence-corrected chi connectivity index (χ3v) is 6.97. The molecule has 2 aromatic carbocycles. The molecule has 5 nitrogen and oxygen atoms in total. The standard InChI is InChI=1S/C27H29N5/c1-19-8-11-24-21(17-19)5-4-15-32(24)26-12-14-28-27(30-26)29-22-10-9-20-13-16-31(25(20)18-22)23-6-2-3-7-23/h8-14,16-18,23H,2-7,15H2,1H3,(H,28,29,30). The minimum Gasteiger partial charge on any atom is -0.344 e. The number of fused-ring (bicyclic) bond motifs is 2. The van der Waals surface area contributed by atoms with Crippen molar-refractivity contribution < 1.29 is 0 Å². The third kappa shape index (κ3) is 3.52. The Hall–Kier alpha value is -3.34. The van der Waals surface area contributed by atoms with E-state index in [0.717, 1.165) is 30.9 Å². The molecule has 4 aromatic rings. The topological polar surface area (TPSA) is 46.0 Å². The molecule has 1 fully saturated rings. The summed E-state index contributed by atoms with van der Waals surface area (Å²) in [5.74, 6) is 1.59. The van der Waals surface area contributed by atoms with Crippen LogP contribution >= 0.6 is 0 Å². The van der Waals surface area contributed by atoms with E-state index >= 15 is 0 Å². The van der Waals surface area contributed by atoms with Gasteiger partial charge in [-0.05, 0) is 73.9 Å². The SMILES string of the molecule is Cc1ccc2c(c1)CCCN2c1ccnc(Nc2ccc3ccn(C4CCCC4)c3c2)n1. The second-order valence-corrected chi connectivity index (χ2v) is 9.19. The van der Waals surface area contributed by atoms with E-state index < -0.39 is 0 Å². The van der Waals surface area contributed by atoms with Gasteiger partial charge in [0.15, 0.2) is 0 Å². The second kappa shape index (κ2) is 7.97. The van der Waals surface area contributed by atoms with Crippen molar-refractivity contribution in [1.29, 1.82) is 0 Å². The molecule has 0 unspecified atom stereocenters. The van der Waals surface area contributed by atoms with Crippen molar-refractivity contribution in [3.63, 3.8) is 0 Å². The molecule has 5 heteroatoms. The summed E-state index contributed by atoms with van der Waals surface area (Å²) >= 11 is 0. The fraction of sp³-hybridized carbons (Fsp3) is 0.333. The van der Waals surface area contributed by atoms with Crippen LogP contribution in [0.5, 0.6) is 0 Å². The highest BCUT2D eigenvalue weighted by Gasteiger charge is 2.20. The predicted molar refractivity (Wildman–Crippen MR) is 131 cm³/mol. The van der Waals surface area contributed by atoms with Gasteiger partial charge in [0.05, 0.1) is 5.52 Å². The summed E-state index contributed by atoms with van der Waals surface area (Å²) in [5.41, 5.74) is 6.30. The summed E-state index contributed by atoms with van der Waals surface area (Å²) in [5, 5.41) is 4.74. The zero-order chi connectivity index (χ0) is 21.5. The number of hydrogen-bond acceptors (Lipinski definition) is 4. The van der Waals surface area contributed by atoms with Gasteiger partial charge in [0.2, 0.25) is 5.95 Å². The van der Waals surface area contributed by atoms with Crippen LogP contribution in [0.2, 0.25) is 0 Å². The number of rotatable bonds is 4. The number of aromatic nitrogens is 3. The van der Waals surface area contributed by atoms with Gasteiger partial charge in [-0.2, -0.15) is 4.98 Å². The normalized spacial score (nSPS) is 16.5. The lowest BCUT2D eigenvalue weighted by Crippen LogP contribution is -2.25. The lowest BCUT2D eigenvalue weighted by atomic mass is 9.99. The Morgan fingerprint density at radius 1 is 0.969 bits per heavy atom. The first-order chi connectivity index (χ1) is 15.7. The van der Waals surface area contributed by atoms with Crippen molar-refractivity contribution in [2.75, 3.05) is 16.8 Å². The fourth-order valence-electron chi connectivity index (χ4n) is 5.38. The molecule has 0 atom stereocenters. The highest BCUT2D eigenvalue weighted by Crippen LogP contribution is 2.35. The Balaban J connectivity index is 1.29. The zero-order valence-corrected chi connectivity index (χ0v) is 18.6. The second-order valence-electron chi connectivity index (χ2n) is 9.19. The molecule has 0 amide bonds. The first-order valence-corrected chi connectivity index (χ1v) is 11.8. The summed E-state index contributed by atoms with van der Waals surface area (Å²) in [7, 11) is 0. The highest BCUT2D eigenvalue weighted by atomic mass is 15.2. The number of aryl methyl sites for hydroxylation is 2. The molecule has 1 aliphatic heterocycles. The van der Waals surface area contributed by atoms with Crippen LogP contribution in [0.4, 0.5) is 23.1 Å². The van der Waals surface area contributed by atoms with Crippen LogP contribution in [0.3, 0.4) is 0 Å². The predicted octanol–water partition coefficient (Wildman–Crippen LogP) is 6.68. The molecule has 2 aromatic heterocycles. The van der Waals surface area contributed by atoms with E-state index in [4.69, 9.17) is 4.98 Å². The Labute approximate surface area is 189 Å². The van der Waals surface area contributed by atoms with Crippen LogP contribution in [0.1, 0.15) is 49.3 Å². The van der Waals surface area contributed by atoms with Gasteiger partial charge in [-0.3, -0.25) is 0 Å². The molecule has 6 rings (SSSR count). The molecule has 0 spiro atoms. The quantitative estimate of drug-likeness (QED) is 0.397. The average Bonchev–Trinajstić information content (AvgIpc) is 3.48. The van der Waals surface area contributed by atoms with Crippen molar-refractivity contribution in [3.05, 3.63) is 72.1 Å². The van der Waals surface area contributed by atoms with Gasteiger partial charge in [-0.25, -0.2) is 4.98 Å². The zero-order valence-electron chi connectivity index (χ0n) is 18.6. The summed E-state index contributed by atoms with van der Waals surface area (Å²) in [6.07, 6.45) is 11.6. The lowest BCUT2D eigenvalue weighted by Gasteiger charge is -2.30. The van der Waals surface area contributed by atoms with Crippen molar-refractivity contribution in [1.82, 2.24) is 14.5 Å². The largest absolute Gasteiger partial charge is 0.344 e. The maximum atomic E-state index is 4.88. The first-order valence-electron chi connectivity index (χ1n) is 11.8. The smallest absolute Gasteiger partial charge is 0.229 e.